The third-order valence-corrected chi connectivity index (χ3v) is 1.74. The Hall–Kier alpha value is -1.71. The molecule has 0 amide bonds. The molecule has 4 heteroatoms. The number of aromatic nitrogens is 2. The zero-order valence-electron chi connectivity index (χ0n) is 6.69. The lowest BCUT2D eigenvalue weighted by molar-refractivity contribution is 0.580. The van der Waals surface area contributed by atoms with Crippen molar-refractivity contribution in [1.82, 2.24) is 9.55 Å². The molecule has 4 nitrogen and oxygen atoms in total. The van der Waals surface area contributed by atoms with E-state index in [0.29, 0.717) is 17.3 Å². The first-order valence-corrected chi connectivity index (χ1v) is 3.59. The van der Waals surface area contributed by atoms with E-state index in [4.69, 9.17) is 10.2 Å². The van der Waals surface area contributed by atoms with E-state index < -0.39 is 0 Å². The van der Waals surface area contributed by atoms with Gasteiger partial charge in [-0.25, -0.2) is 4.98 Å². The zero-order chi connectivity index (χ0) is 8.55. The second-order valence-electron chi connectivity index (χ2n) is 2.57. The second kappa shape index (κ2) is 2.41. The molecule has 0 saturated heterocycles. The van der Waals surface area contributed by atoms with E-state index in [2.05, 4.69) is 4.98 Å². The molecule has 0 aromatic carbocycles. The number of anilines is 1. The van der Waals surface area contributed by atoms with Crippen molar-refractivity contribution in [3.63, 3.8) is 0 Å². The number of furan rings is 1. The molecule has 0 atom stereocenters. The van der Waals surface area contributed by atoms with Crippen LogP contribution in [0.5, 0.6) is 0 Å². The maximum atomic E-state index is 5.73. The number of hydrogen-bond acceptors (Lipinski definition) is 3. The van der Waals surface area contributed by atoms with Gasteiger partial charge in [0.25, 0.3) is 0 Å². The average molecular weight is 163 g/mol. The topological polar surface area (TPSA) is 57.0 Å². The monoisotopic (exact) mass is 163 g/mol. The fourth-order valence-corrected chi connectivity index (χ4v) is 1.04. The highest BCUT2D eigenvalue weighted by Crippen LogP contribution is 2.23. The number of nitrogens with two attached hydrogens (primary N) is 1. The molecular weight excluding hydrogens is 154 g/mol. The molecule has 0 unspecified atom stereocenters. The highest BCUT2D eigenvalue weighted by atomic mass is 16.3. The van der Waals surface area contributed by atoms with E-state index in [1.54, 1.807) is 17.2 Å². The van der Waals surface area contributed by atoms with Crippen LogP contribution in [-0.4, -0.2) is 9.55 Å². The van der Waals surface area contributed by atoms with Crippen molar-refractivity contribution < 1.29 is 4.42 Å². The smallest absolute Gasteiger partial charge is 0.156 e. The number of rotatable bonds is 1. The van der Waals surface area contributed by atoms with E-state index in [9.17, 15) is 0 Å². The van der Waals surface area contributed by atoms with Gasteiger partial charge in [-0.1, -0.05) is 0 Å². The lowest BCUT2D eigenvalue weighted by atomic mass is 10.3. The zero-order valence-corrected chi connectivity index (χ0v) is 6.69. The Labute approximate surface area is 69.6 Å². The van der Waals surface area contributed by atoms with Crippen molar-refractivity contribution in [2.75, 3.05) is 5.73 Å². The molecule has 0 aliphatic carbocycles. The van der Waals surface area contributed by atoms with Gasteiger partial charge in [-0.3, -0.25) is 0 Å². The van der Waals surface area contributed by atoms with E-state index in [0.717, 1.165) is 0 Å². The van der Waals surface area contributed by atoms with E-state index in [-0.39, 0.29) is 0 Å². The van der Waals surface area contributed by atoms with Crippen LogP contribution < -0.4 is 5.73 Å². The second-order valence-corrected chi connectivity index (χ2v) is 2.57. The van der Waals surface area contributed by atoms with Gasteiger partial charge in [-0.15, -0.1) is 0 Å². The summed E-state index contributed by atoms with van der Waals surface area (Å²) in [6.07, 6.45) is 3.26. The van der Waals surface area contributed by atoms with Crippen LogP contribution in [0.15, 0.2) is 29.1 Å². The Balaban J connectivity index is 2.55. The molecule has 2 rings (SSSR count). The normalized spacial score (nSPS) is 10.4. The van der Waals surface area contributed by atoms with Crippen LogP contribution in [-0.2, 0) is 7.05 Å². The Bertz CT molecular complexity index is 375. The number of nitrogens with zero attached hydrogens (tertiary/aromatic N) is 2. The average Bonchev–Trinajstić information content (AvgIpc) is 2.64. The van der Waals surface area contributed by atoms with Crippen LogP contribution in [0.2, 0.25) is 0 Å². The summed E-state index contributed by atoms with van der Waals surface area (Å²) in [4.78, 5) is 4.10. The van der Waals surface area contributed by atoms with Gasteiger partial charge in [0.1, 0.15) is 11.5 Å². The highest BCUT2D eigenvalue weighted by molar-refractivity contribution is 5.65. The summed E-state index contributed by atoms with van der Waals surface area (Å²) in [5.41, 5.74) is 6.43. The van der Waals surface area contributed by atoms with E-state index >= 15 is 0 Å². The summed E-state index contributed by atoms with van der Waals surface area (Å²) in [5.74, 6) is 1.32. The number of nitrogen functional groups attached to an aromatic ring is 1. The van der Waals surface area contributed by atoms with Gasteiger partial charge in [0, 0.05) is 7.05 Å². The fraction of sp³-hybridized carbons (Fsp3) is 0.125. The predicted molar refractivity (Wildman–Crippen MR) is 45.3 cm³/mol. The molecule has 2 aromatic heterocycles. The first-order valence-electron chi connectivity index (χ1n) is 3.59. The molecule has 2 aromatic rings. The Kier molecular flexibility index (Phi) is 1.40. The molecule has 2 heterocycles. The molecule has 0 radical (unpaired) electrons. The van der Waals surface area contributed by atoms with Gasteiger partial charge in [-0.2, -0.15) is 0 Å². The van der Waals surface area contributed by atoms with Crippen LogP contribution in [0.3, 0.4) is 0 Å². The van der Waals surface area contributed by atoms with Crippen molar-refractivity contribution in [3.8, 4) is 11.5 Å². The number of aryl methyl sites for hydroxylation is 1. The summed E-state index contributed by atoms with van der Waals surface area (Å²) in [5, 5.41) is 0. The Morgan fingerprint density at radius 3 is 2.92 bits per heavy atom. The van der Waals surface area contributed by atoms with Crippen molar-refractivity contribution in [3.05, 3.63) is 24.7 Å². The van der Waals surface area contributed by atoms with Gasteiger partial charge >= 0.3 is 0 Å². The van der Waals surface area contributed by atoms with Gasteiger partial charge in [-0.05, 0) is 12.1 Å². The quantitative estimate of drug-likeness (QED) is 0.688. The molecule has 0 spiro atoms. The van der Waals surface area contributed by atoms with Gasteiger partial charge in [0.15, 0.2) is 5.76 Å². The predicted octanol–water partition coefficient (Wildman–Crippen LogP) is 1.26. The molecule has 0 fully saturated rings. The number of imidazole rings is 1. The number of hydrogen-bond donors (Lipinski definition) is 1. The van der Waals surface area contributed by atoms with E-state index in [1.807, 2.05) is 19.2 Å². The SMILES string of the molecule is Cn1cnc(-c2ccco2)c1N. The van der Waals surface area contributed by atoms with Crippen molar-refractivity contribution in [2.45, 2.75) is 0 Å². The Morgan fingerprint density at radius 2 is 2.42 bits per heavy atom. The standard InChI is InChI=1S/C8H9N3O/c1-11-5-10-7(8(11)9)6-3-2-4-12-6/h2-5H,9H2,1H3. The first-order chi connectivity index (χ1) is 5.79. The van der Waals surface area contributed by atoms with Crippen LogP contribution in [0.4, 0.5) is 5.82 Å². The summed E-state index contributed by atoms with van der Waals surface area (Å²) in [7, 11) is 1.84. The largest absolute Gasteiger partial charge is 0.463 e. The molecule has 0 aliphatic heterocycles. The first kappa shape index (κ1) is 6.97. The molecule has 0 aliphatic rings. The lowest BCUT2D eigenvalue weighted by Gasteiger charge is -1.94. The summed E-state index contributed by atoms with van der Waals surface area (Å²) >= 11 is 0. The molecule has 0 bridgehead atoms. The maximum absolute atomic E-state index is 5.73. The molecule has 62 valence electrons. The van der Waals surface area contributed by atoms with Crippen LogP contribution >= 0.6 is 0 Å². The third-order valence-electron chi connectivity index (χ3n) is 1.74. The minimum Gasteiger partial charge on any atom is -0.463 e. The van der Waals surface area contributed by atoms with Crippen molar-refractivity contribution >= 4 is 5.82 Å². The van der Waals surface area contributed by atoms with Crippen molar-refractivity contribution in [1.29, 1.82) is 0 Å². The molecule has 2 N–H and O–H groups in total. The van der Waals surface area contributed by atoms with Gasteiger partial charge in [0.2, 0.25) is 0 Å². The summed E-state index contributed by atoms with van der Waals surface area (Å²) in [6, 6.07) is 3.64. The lowest BCUT2D eigenvalue weighted by Crippen LogP contribution is -1.95. The van der Waals surface area contributed by atoms with E-state index in [1.165, 1.54) is 0 Å². The van der Waals surface area contributed by atoms with Crippen LogP contribution in [0, 0.1) is 0 Å². The molecular formula is C8H9N3O. The maximum Gasteiger partial charge on any atom is 0.156 e. The summed E-state index contributed by atoms with van der Waals surface area (Å²) in [6.45, 7) is 0. The minimum absolute atomic E-state index is 0.616. The third kappa shape index (κ3) is 0.887. The van der Waals surface area contributed by atoms with Gasteiger partial charge in [0.05, 0.1) is 12.6 Å². The minimum atomic E-state index is 0.616. The van der Waals surface area contributed by atoms with Gasteiger partial charge < -0.3 is 14.7 Å². The van der Waals surface area contributed by atoms with Crippen molar-refractivity contribution in [2.24, 2.45) is 7.05 Å². The fourth-order valence-electron chi connectivity index (χ4n) is 1.04. The van der Waals surface area contributed by atoms with Crippen LogP contribution in [0.25, 0.3) is 11.5 Å². The molecule has 0 saturated carbocycles. The Morgan fingerprint density at radius 1 is 1.58 bits per heavy atom. The summed E-state index contributed by atoms with van der Waals surface area (Å²) < 4.78 is 6.91. The highest BCUT2D eigenvalue weighted by Gasteiger charge is 2.09. The van der Waals surface area contributed by atoms with Crippen LogP contribution in [0.1, 0.15) is 0 Å². The molecule has 12 heavy (non-hydrogen) atoms.